The standard InChI is InChI=1S/C22H27N5O4S/c1-2-23-19(28)15-31-18-5-3-16(4-6-18)21(29)27-13-17(14-27)25-8-10-26(11-9-25)22(30)20-24-7-12-32-20/h3-7,12,17H,2,8-11,13-15H2,1H3,(H,23,28). The summed E-state index contributed by atoms with van der Waals surface area (Å²) in [7, 11) is 0. The third-order valence-corrected chi connectivity index (χ3v) is 6.49. The lowest BCUT2D eigenvalue weighted by molar-refractivity contribution is -0.122. The van der Waals surface area contributed by atoms with Crippen molar-refractivity contribution in [2.75, 3.05) is 52.4 Å². The van der Waals surface area contributed by atoms with Gasteiger partial charge in [-0.1, -0.05) is 0 Å². The molecule has 0 atom stereocenters. The zero-order valence-corrected chi connectivity index (χ0v) is 18.8. The van der Waals surface area contributed by atoms with Crippen LogP contribution in [0.2, 0.25) is 0 Å². The summed E-state index contributed by atoms with van der Waals surface area (Å²) in [6, 6.07) is 7.21. The fourth-order valence-corrected chi connectivity index (χ4v) is 4.48. The molecule has 1 aromatic heterocycles. The van der Waals surface area contributed by atoms with Crippen molar-refractivity contribution in [1.82, 2.24) is 25.0 Å². The fraction of sp³-hybridized carbons (Fsp3) is 0.455. The number of amides is 3. The minimum atomic E-state index is -0.173. The molecule has 10 heteroatoms. The summed E-state index contributed by atoms with van der Waals surface area (Å²) in [6.45, 7) is 6.72. The third kappa shape index (κ3) is 5.08. The number of likely N-dealkylation sites (tertiary alicyclic amines) is 1. The van der Waals surface area contributed by atoms with Crippen molar-refractivity contribution in [2.24, 2.45) is 0 Å². The van der Waals surface area contributed by atoms with Crippen molar-refractivity contribution in [3.63, 3.8) is 0 Å². The second-order valence-electron chi connectivity index (χ2n) is 7.80. The summed E-state index contributed by atoms with van der Waals surface area (Å²) in [5.41, 5.74) is 0.604. The van der Waals surface area contributed by atoms with E-state index in [9.17, 15) is 14.4 Å². The zero-order valence-electron chi connectivity index (χ0n) is 18.0. The van der Waals surface area contributed by atoms with Crippen molar-refractivity contribution in [1.29, 1.82) is 0 Å². The monoisotopic (exact) mass is 457 g/mol. The summed E-state index contributed by atoms with van der Waals surface area (Å²) in [5, 5.41) is 5.03. The molecule has 0 spiro atoms. The van der Waals surface area contributed by atoms with E-state index in [-0.39, 0.29) is 24.3 Å². The van der Waals surface area contributed by atoms with Gasteiger partial charge in [0.1, 0.15) is 5.75 Å². The van der Waals surface area contributed by atoms with Gasteiger partial charge in [-0.15, -0.1) is 11.3 Å². The number of hydrogen-bond acceptors (Lipinski definition) is 7. The Bertz CT molecular complexity index is 936. The summed E-state index contributed by atoms with van der Waals surface area (Å²) in [6.07, 6.45) is 1.65. The van der Waals surface area contributed by atoms with Crippen LogP contribution >= 0.6 is 11.3 Å². The van der Waals surface area contributed by atoms with Gasteiger partial charge in [-0.05, 0) is 31.2 Å². The molecule has 0 aliphatic carbocycles. The lowest BCUT2D eigenvalue weighted by Gasteiger charge is -2.48. The topological polar surface area (TPSA) is 95.1 Å². The Morgan fingerprint density at radius 1 is 1.06 bits per heavy atom. The van der Waals surface area contributed by atoms with Crippen molar-refractivity contribution >= 4 is 29.1 Å². The fourth-order valence-electron chi connectivity index (χ4n) is 3.88. The second kappa shape index (κ2) is 10.1. The highest BCUT2D eigenvalue weighted by atomic mass is 32.1. The number of ether oxygens (including phenoxy) is 1. The maximum Gasteiger partial charge on any atom is 0.282 e. The first kappa shape index (κ1) is 22.2. The van der Waals surface area contributed by atoms with E-state index >= 15 is 0 Å². The van der Waals surface area contributed by atoms with Gasteiger partial charge in [0, 0.05) is 69.0 Å². The van der Waals surface area contributed by atoms with Gasteiger partial charge in [0.2, 0.25) is 0 Å². The van der Waals surface area contributed by atoms with Crippen LogP contribution < -0.4 is 10.1 Å². The number of likely N-dealkylation sites (N-methyl/N-ethyl adjacent to an activating group) is 1. The van der Waals surface area contributed by atoms with Gasteiger partial charge in [-0.25, -0.2) is 4.98 Å². The van der Waals surface area contributed by atoms with Crippen molar-refractivity contribution in [3.8, 4) is 5.75 Å². The lowest BCUT2D eigenvalue weighted by Crippen LogP contribution is -2.64. The summed E-state index contributed by atoms with van der Waals surface area (Å²) < 4.78 is 5.43. The first-order valence-corrected chi connectivity index (χ1v) is 11.6. The minimum absolute atomic E-state index is 0.00322. The Hall–Kier alpha value is -2.98. The molecule has 2 aromatic rings. The van der Waals surface area contributed by atoms with Crippen molar-refractivity contribution < 1.29 is 19.1 Å². The molecular formula is C22H27N5O4S. The molecule has 2 aliphatic heterocycles. The molecular weight excluding hydrogens is 430 g/mol. The molecule has 170 valence electrons. The van der Waals surface area contributed by atoms with E-state index in [1.54, 1.807) is 30.5 Å². The highest BCUT2D eigenvalue weighted by molar-refractivity contribution is 7.11. The predicted molar refractivity (Wildman–Crippen MR) is 120 cm³/mol. The van der Waals surface area contributed by atoms with Crippen molar-refractivity contribution in [2.45, 2.75) is 13.0 Å². The number of benzene rings is 1. The molecule has 4 rings (SSSR count). The van der Waals surface area contributed by atoms with Crippen LogP contribution in [0, 0.1) is 0 Å². The maximum absolute atomic E-state index is 12.7. The summed E-state index contributed by atoms with van der Waals surface area (Å²) in [4.78, 5) is 46.8. The minimum Gasteiger partial charge on any atom is -0.484 e. The molecule has 9 nitrogen and oxygen atoms in total. The molecule has 0 radical (unpaired) electrons. The SMILES string of the molecule is CCNC(=O)COc1ccc(C(=O)N2CC(N3CCN(C(=O)c4nccs4)CC3)C2)cc1. The number of nitrogens with zero attached hydrogens (tertiary/aromatic N) is 4. The number of nitrogens with one attached hydrogen (secondary N) is 1. The summed E-state index contributed by atoms with van der Waals surface area (Å²) in [5.74, 6) is 0.379. The van der Waals surface area contributed by atoms with Crippen LogP contribution in [0.1, 0.15) is 27.1 Å². The number of thiazole rings is 1. The molecule has 0 unspecified atom stereocenters. The van der Waals surface area contributed by atoms with Gasteiger partial charge in [0.25, 0.3) is 17.7 Å². The first-order valence-electron chi connectivity index (χ1n) is 10.8. The average molecular weight is 458 g/mol. The Morgan fingerprint density at radius 3 is 2.41 bits per heavy atom. The second-order valence-corrected chi connectivity index (χ2v) is 8.69. The number of carbonyl (C=O) groups excluding carboxylic acids is 3. The first-order chi connectivity index (χ1) is 15.5. The Balaban J connectivity index is 1.20. The zero-order chi connectivity index (χ0) is 22.5. The van der Waals surface area contributed by atoms with E-state index in [0.29, 0.717) is 55.1 Å². The van der Waals surface area contributed by atoms with E-state index in [2.05, 4.69) is 15.2 Å². The predicted octanol–water partition coefficient (Wildman–Crippen LogP) is 0.940. The van der Waals surface area contributed by atoms with Crippen LogP contribution in [0.5, 0.6) is 5.75 Å². The van der Waals surface area contributed by atoms with Gasteiger partial charge < -0.3 is 19.9 Å². The Labute approximate surface area is 191 Å². The number of hydrogen-bond donors (Lipinski definition) is 1. The van der Waals surface area contributed by atoms with Gasteiger partial charge in [0.05, 0.1) is 0 Å². The number of aromatic nitrogens is 1. The lowest BCUT2D eigenvalue weighted by atomic mass is 10.0. The van der Waals surface area contributed by atoms with Crippen LogP contribution in [-0.4, -0.2) is 95.9 Å². The molecule has 2 saturated heterocycles. The molecule has 0 saturated carbocycles. The van der Waals surface area contributed by atoms with Crippen LogP contribution in [0.25, 0.3) is 0 Å². The highest BCUT2D eigenvalue weighted by Gasteiger charge is 2.37. The van der Waals surface area contributed by atoms with Gasteiger partial charge >= 0.3 is 0 Å². The van der Waals surface area contributed by atoms with E-state index in [0.717, 1.165) is 13.1 Å². The molecule has 2 fully saturated rings. The number of piperazine rings is 1. The normalized spacial score (nSPS) is 17.0. The van der Waals surface area contributed by atoms with E-state index in [1.165, 1.54) is 11.3 Å². The van der Waals surface area contributed by atoms with Crippen LogP contribution in [0.4, 0.5) is 0 Å². The smallest absolute Gasteiger partial charge is 0.282 e. The molecule has 3 heterocycles. The highest BCUT2D eigenvalue weighted by Crippen LogP contribution is 2.21. The van der Waals surface area contributed by atoms with Crippen LogP contribution in [0.3, 0.4) is 0 Å². The summed E-state index contributed by atoms with van der Waals surface area (Å²) >= 11 is 1.37. The van der Waals surface area contributed by atoms with Crippen LogP contribution in [-0.2, 0) is 4.79 Å². The molecule has 1 N–H and O–H groups in total. The molecule has 2 aliphatic rings. The van der Waals surface area contributed by atoms with Gasteiger partial charge in [-0.2, -0.15) is 0 Å². The molecule has 3 amide bonds. The number of rotatable bonds is 7. The Morgan fingerprint density at radius 2 is 1.78 bits per heavy atom. The van der Waals surface area contributed by atoms with E-state index < -0.39 is 0 Å². The molecule has 1 aromatic carbocycles. The van der Waals surface area contributed by atoms with E-state index in [4.69, 9.17) is 4.74 Å². The molecule has 32 heavy (non-hydrogen) atoms. The molecule has 0 bridgehead atoms. The van der Waals surface area contributed by atoms with Gasteiger partial charge in [0.15, 0.2) is 11.6 Å². The van der Waals surface area contributed by atoms with Gasteiger partial charge in [-0.3, -0.25) is 19.3 Å². The van der Waals surface area contributed by atoms with E-state index in [1.807, 2.05) is 22.1 Å². The maximum atomic E-state index is 12.7. The average Bonchev–Trinajstić information content (AvgIpc) is 3.32. The quantitative estimate of drug-likeness (QED) is 0.665. The Kier molecular flexibility index (Phi) is 7.01. The largest absolute Gasteiger partial charge is 0.484 e. The number of carbonyl (C=O) groups is 3. The van der Waals surface area contributed by atoms with Crippen molar-refractivity contribution in [3.05, 3.63) is 46.4 Å². The third-order valence-electron chi connectivity index (χ3n) is 5.73. The van der Waals surface area contributed by atoms with Crippen LogP contribution in [0.15, 0.2) is 35.8 Å².